The van der Waals surface area contributed by atoms with Crippen molar-refractivity contribution in [2.24, 2.45) is 0 Å². The minimum atomic E-state index is -0.233. The second kappa shape index (κ2) is 10.6. The van der Waals surface area contributed by atoms with E-state index in [1.54, 1.807) is 43.3 Å². The molecular formula is C21H25ClN2O4. The van der Waals surface area contributed by atoms with Crippen LogP contribution in [0, 0.1) is 0 Å². The number of hydrogen-bond acceptors (Lipinski definition) is 4. The first-order valence-electron chi connectivity index (χ1n) is 9.02. The van der Waals surface area contributed by atoms with E-state index in [0.29, 0.717) is 35.2 Å². The van der Waals surface area contributed by atoms with Crippen LogP contribution in [0.4, 0.5) is 0 Å². The van der Waals surface area contributed by atoms with Gasteiger partial charge in [-0.15, -0.1) is 0 Å². The van der Waals surface area contributed by atoms with E-state index >= 15 is 0 Å². The molecule has 6 nitrogen and oxygen atoms in total. The highest BCUT2D eigenvalue weighted by Gasteiger charge is 2.12. The molecular weight excluding hydrogens is 380 g/mol. The molecule has 0 fully saturated rings. The van der Waals surface area contributed by atoms with Gasteiger partial charge in [0.05, 0.1) is 13.7 Å². The predicted molar refractivity (Wildman–Crippen MR) is 109 cm³/mol. The third-order valence-electron chi connectivity index (χ3n) is 4.10. The van der Waals surface area contributed by atoms with Gasteiger partial charge in [0.2, 0.25) is 5.91 Å². The van der Waals surface area contributed by atoms with Gasteiger partial charge < -0.3 is 19.7 Å². The van der Waals surface area contributed by atoms with E-state index in [-0.39, 0.29) is 24.8 Å². The van der Waals surface area contributed by atoms with Gasteiger partial charge in [0, 0.05) is 37.1 Å². The number of nitrogens with one attached hydrogen (secondary N) is 1. The highest BCUT2D eigenvalue weighted by atomic mass is 35.5. The van der Waals surface area contributed by atoms with Gasteiger partial charge in [-0.05, 0) is 48.9 Å². The van der Waals surface area contributed by atoms with Crippen LogP contribution in [0.25, 0.3) is 0 Å². The predicted octanol–water partition coefficient (Wildman–Crippen LogP) is 3.53. The van der Waals surface area contributed by atoms with Gasteiger partial charge in [-0.1, -0.05) is 17.7 Å². The molecule has 0 aliphatic rings. The number of amides is 2. The van der Waals surface area contributed by atoms with Crippen molar-refractivity contribution in [3.63, 3.8) is 0 Å². The third-order valence-corrected chi connectivity index (χ3v) is 4.36. The van der Waals surface area contributed by atoms with Gasteiger partial charge >= 0.3 is 0 Å². The Labute approximate surface area is 170 Å². The first kappa shape index (κ1) is 21.6. The molecule has 0 saturated heterocycles. The Hall–Kier alpha value is -2.73. The summed E-state index contributed by atoms with van der Waals surface area (Å²) in [5, 5.41) is 3.31. The highest BCUT2D eigenvalue weighted by molar-refractivity contribution is 6.30. The summed E-state index contributed by atoms with van der Waals surface area (Å²) in [6.45, 7) is 3.16. The topological polar surface area (TPSA) is 67.9 Å². The maximum absolute atomic E-state index is 12.3. The van der Waals surface area contributed by atoms with E-state index in [1.165, 1.54) is 0 Å². The standard InChI is InChI=1S/C21H25ClN2O4/c1-4-28-18-10-5-15(13-19(18)27-3)14-24(2)20(25)11-12-23-21(26)16-6-8-17(22)9-7-16/h5-10,13H,4,11-12,14H2,1-3H3,(H,23,26). The molecule has 0 aromatic heterocycles. The maximum Gasteiger partial charge on any atom is 0.251 e. The van der Waals surface area contributed by atoms with Gasteiger partial charge in [0.25, 0.3) is 5.91 Å². The number of benzene rings is 2. The zero-order chi connectivity index (χ0) is 20.5. The molecule has 0 saturated carbocycles. The van der Waals surface area contributed by atoms with Crippen molar-refractivity contribution in [1.29, 1.82) is 0 Å². The van der Waals surface area contributed by atoms with Gasteiger partial charge in [-0.2, -0.15) is 0 Å². The third kappa shape index (κ3) is 6.16. The quantitative estimate of drug-likeness (QED) is 0.694. The molecule has 2 rings (SSSR count). The van der Waals surface area contributed by atoms with Crippen LogP contribution in [0.3, 0.4) is 0 Å². The lowest BCUT2D eigenvalue weighted by atomic mass is 10.2. The summed E-state index contributed by atoms with van der Waals surface area (Å²) < 4.78 is 10.8. The van der Waals surface area contributed by atoms with Gasteiger partial charge in [0.1, 0.15) is 0 Å². The Bertz CT molecular complexity index is 809. The smallest absolute Gasteiger partial charge is 0.251 e. The van der Waals surface area contributed by atoms with Crippen LogP contribution in [0.2, 0.25) is 5.02 Å². The monoisotopic (exact) mass is 404 g/mol. The van der Waals surface area contributed by atoms with Crippen LogP contribution in [-0.2, 0) is 11.3 Å². The van der Waals surface area contributed by atoms with Crippen molar-refractivity contribution in [1.82, 2.24) is 10.2 Å². The molecule has 1 N–H and O–H groups in total. The SMILES string of the molecule is CCOc1ccc(CN(C)C(=O)CCNC(=O)c2ccc(Cl)cc2)cc1OC. The normalized spacial score (nSPS) is 10.3. The Morgan fingerprint density at radius 2 is 1.82 bits per heavy atom. The number of ether oxygens (including phenoxy) is 2. The van der Waals surface area contributed by atoms with Crippen molar-refractivity contribution < 1.29 is 19.1 Å². The Morgan fingerprint density at radius 1 is 1.11 bits per heavy atom. The summed E-state index contributed by atoms with van der Waals surface area (Å²) in [6, 6.07) is 12.2. The molecule has 2 amide bonds. The van der Waals surface area contributed by atoms with E-state index in [9.17, 15) is 9.59 Å². The van der Waals surface area contributed by atoms with Crippen LogP contribution in [0.1, 0.15) is 29.3 Å². The van der Waals surface area contributed by atoms with Crippen molar-refractivity contribution >= 4 is 23.4 Å². The molecule has 2 aromatic rings. The highest BCUT2D eigenvalue weighted by Crippen LogP contribution is 2.28. The number of hydrogen-bond donors (Lipinski definition) is 1. The number of carbonyl (C=O) groups excluding carboxylic acids is 2. The lowest BCUT2D eigenvalue weighted by molar-refractivity contribution is -0.130. The molecule has 0 spiro atoms. The first-order chi connectivity index (χ1) is 13.4. The second-order valence-corrected chi connectivity index (χ2v) is 6.62. The Morgan fingerprint density at radius 3 is 2.46 bits per heavy atom. The largest absolute Gasteiger partial charge is 0.493 e. The summed E-state index contributed by atoms with van der Waals surface area (Å²) in [5.74, 6) is 1.01. The average molecular weight is 405 g/mol. The Balaban J connectivity index is 1.84. The van der Waals surface area contributed by atoms with Crippen molar-refractivity contribution in [3.05, 3.63) is 58.6 Å². The average Bonchev–Trinajstić information content (AvgIpc) is 2.69. The van der Waals surface area contributed by atoms with Crippen LogP contribution in [0.15, 0.2) is 42.5 Å². The van der Waals surface area contributed by atoms with Crippen LogP contribution >= 0.6 is 11.6 Å². The van der Waals surface area contributed by atoms with Gasteiger partial charge in [-0.3, -0.25) is 9.59 Å². The molecule has 150 valence electrons. The molecule has 0 atom stereocenters. The van der Waals surface area contributed by atoms with Crippen LogP contribution in [0.5, 0.6) is 11.5 Å². The van der Waals surface area contributed by atoms with E-state index in [4.69, 9.17) is 21.1 Å². The molecule has 0 bridgehead atoms. The molecule has 0 aliphatic heterocycles. The van der Waals surface area contributed by atoms with E-state index in [0.717, 1.165) is 5.56 Å². The van der Waals surface area contributed by atoms with Gasteiger partial charge in [-0.25, -0.2) is 0 Å². The first-order valence-corrected chi connectivity index (χ1v) is 9.39. The minimum Gasteiger partial charge on any atom is -0.493 e. The number of methoxy groups -OCH3 is 1. The fourth-order valence-corrected chi connectivity index (χ4v) is 2.75. The molecule has 2 aromatic carbocycles. The van der Waals surface area contributed by atoms with E-state index in [2.05, 4.69) is 5.32 Å². The number of halogens is 1. The summed E-state index contributed by atoms with van der Waals surface area (Å²) in [6.07, 6.45) is 0.212. The minimum absolute atomic E-state index is 0.0655. The summed E-state index contributed by atoms with van der Waals surface area (Å²) in [5.41, 5.74) is 1.44. The van der Waals surface area contributed by atoms with Gasteiger partial charge in [0.15, 0.2) is 11.5 Å². The fourth-order valence-electron chi connectivity index (χ4n) is 2.62. The zero-order valence-electron chi connectivity index (χ0n) is 16.3. The maximum atomic E-state index is 12.3. The van der Waals surface area contributed by atoms with Crippen molar-refractivity contribution in [3.8, 4) is 11.5 Å². The molecule has 0 unspecified atom stereocenters. The number of nitrogens with zero attached hydrogens (tertiary/aromatic N) is 1. The lowest BCUT2D eigenvalue weighted by Gasteiger charge is -2.18. The van der Waals surface area contributed by atoms with E-state index in [1.807, 2.05) is 25.1 Å². The number of rotatable bonds is 9. The zero-order valence-corrected chi connectivity index (χ0v) is 17.1. The molecule has 7 heteroatoms. The summed E-state index contributed by atoms with van der Waals surface area (Å²) >= 11 is 5.81. The second-order valence-electron chi connectivity index (χ2n) is 6.18. The molecule has 28 heavy (non-hydrogen) atoms. The van der Waals surface area contributed by atoms with Crippen LogP contribution in [-0.4, -0.2) is 44.0 Å². The van der Waals surface area contributed by atoms with Crippen LogP contribution < -0.4 is 14.8 Å². The summed E-state index contributed by atoms with van der Waals surface area (Å²) in [7, 11) is 3.31. The Kier molecular flexibility index (Phi) is 8.14. The van der Waals surface area contributed by atoms with Crippen molar-refractivity contribution in [2.75, 3.05) is 27.3 Å². The molecule has 0 radical (unpaired) electrons. The summed E-state index contributed by atoms with van der Waals surface area (Å²) in [4.78, 5) is 26.0. The molecule has 0 aliphatic carbocycles. The lowest BCUT2D eigenvalue weighted by Crippen LogP contribution is -2.31. The fraction of sp³-hybridized carbons (Fsp3) is 0.333. The molecule has 0 heterocycles. The van der Waals surface area contributed by atoms with E-state index < -0.39 is 0 Å². The number of carbonyl (C=O) groups is 2. The van der Waals surface area contributed by atoms with Crippen molar-refractivity contribution in [2.45, 2.75) is 19.9 Å².